The Balaban J connectivity index is 0. The van der Waals surface area contributed by atoms with Crippen molar-refractivity contribution in [2.45, 2.75) is 0 Å². The molecule has 0 unspecified atom stereocenters. The van der Waals surface area contributed by atoms with Crippen LogP contribution in [0.2, 0.25) is 0 Å². The Hall–Kier alpha value is 0.796. The van der Waals surface area contributed by atoms with Gasteiger partial charge in [-0.25, -0.2) is 0 Å². The minimum absolute atomic E-state index is 0. The van der Waals surface area contributed by atoms with Crippen LogP contribution in [-0.2, 0) is 0 Å². The molecule has 0 aromatic carbocycles. The Bertz CT molecular complexity index is 66.1. The molecule has 0 aromatic rings. The zero-order chi connectivity index (χ0) is 3.54. The molecule has 0 fully saturated rings. The SMILES string of the molecule is C1N=NN=N1.N.[KH]. The summed E-state index contributed by atoms with van der Waals surface area (Å²) in [5, 5.41) is 13.1. The van der Waals surface area contributed by atoms with Crippen LogP contribution in [0.4, 0.5) is 0 Å². The van der Waals surface area contributed by atoms with E-state index in [-0.39, 0.29) is 57.5 Å². The third-order valence-electron chi connectivity index (χ3n) is 0.293. The summed E-state index contributed by atoms with van der Waals surface area (Å²) >= 11 is 0. The van der Waals surface area contributed by atoms with Crippen molar-refractivity contribution in [2.75, 3.05) is 6.67 Å². The molecule has 1 heterocycles. The van der Waals surface area contributed by atoms with E-state index < -0.39 is 0 Å². The van der Waals surface area contributed by atoms with Gasteiger partial charge in [-0.3, -0.25) is 0 Å². The van der Waals surface area contributed by atoms with E-state index in [1.54, 1.807) is 0 Å². The van der Waals surface area contributed by atoms with Crippen LogP contribution in [0.15, 0.2) is 20.7 Å². The first-order chi connectivity index (χ1) is 2.50. The average molecular weight is 127 g/mol. The Morgan fingerprint density at radius 3 is 1.57 bits per heavy atom. The van der Waals surface area contributed by atoms with E-state index in [0.29, 0.717) is 6.67 Å². The van der Waals surface area contributed by atoms with E-state index in [4.69, 9.17) is 0 Å². The van der Waals surface area contributed by atoms with Gasteiger partial charge in [-0.1, -0.05) is 0 Å². The molecule has 0 aromatic heterocycles. The molecule has 7 heavy (non-hydrogen) atoms. The van der Waals surface area contributed by atoms with Gasteiger partial charge in [0.05, 0.1) is 0 Å². The third-order valence-corrected chi connectivity index (χ3v) is 0.293. The van der Waals surface area contributed by atoms with Gasteiger partial charge in [0.2, 0.25) is 0 Å². The fourth-order valence-electron chi connectivity index (χ4n) is 0.141. The van der Waals surface area contributed by atoms with Crippen molar-refractivity contribution in [3.63, 3.8) is 0 Å². The minimum atomic E-state index is 0. The van der Waals surface area contributed by atoms with E-state index >= 15 is 0 Å². The fraction of sp³-hybridized carbons (Fsp3) is 1.00. The van der Waals surface area contributed by atoms with E-state index in [9.17, 15) is 0 Å². The number of hydrogen-bond donors (Lipinski definition) is 1. The van der Waals surface area contributed by atoms with Crippen molar-refractivity contribution >= 4 is 51.4 Å². The van der Waals surface area contributed by atoms with Crippen molar-refractivity contribution < 1.29 is 0 Å². The van der Waals surface area contributed by atoms with Gasteiger partial charge in [0.15, 0.2) is 6.67 Å². The first kappa shape index (κ1) is 10.7. The summed E-state index contributed by atoms with van der Waals surface area (Å²) in [6.45, 7) is 0.417. The zero-order valence-electron chi connectivity index (χ0n) is 3.20. The van der Waals surface area contributed by atoms with Crippen LogP contribution >= 0.6 is 0 Å². The van der Waals surface area contributed by atoms with Gasteiger partial charge in [-0.05, 0) is 10.4 Å². The second-order valence-electron chi connectivity index (χ2n) is 0.603. The quantitative estimate of drug-likeness (QED) is 0.466. The van der Waals surface area contributed by atoms with Crippen LogP contribution in [0, 0.1) is 0 Å². The van der Waals surface area contributed by atoms with Gasteiger partial charge in [0.1, 0.15) is 0 Å². The number of nitrogens with zero attached hydrogens (tertiary/aromatic N) is 4. The molecular formula is CH6KN5. The molecular weight excluding hydrogens is 121 g/mol. The summed E-state index contributed by atoms with van der Waals surface area (Å²) in [7, 11) is 0. The molecule has 36 valence electrons. The standard InChI is InChI=1S/CH2N4.K.H3N.H/c1-2-4-5-3-1;;;/h1H2;;1H3;. The summed E-state index contributed by atoms with van der Waals surface area (Å²) in [6, 6.07) is 0. The van der Waals surface area contributed by atoms with Crippen molar-refractivity contribution in [2.24, 2.45) is 20.7 Å². The molecule has 0 spiro atoms. The Labute approximate surface area is 83.7 Å². The van der Waals surface area contributed by atoms with Crippen LogP contribution in [0.3, 0.4) is 0 Å². The molecule has 0 atom stereocenters. The van der Waals surface area contributed by atoms with Gasteiger partial charge < -0.3 is 6.15 Å². The van der Waals surface area contributed by atoms with E-state index in [0.717, 1.165) is 0 Å². The van der Waals surface area contributed by atoms with Crippen LogP contribution < -0.4 is 6.15 Å². The summed E-state index contributed by atoms with van der Waals surface area (Å²) in [6.07, 6.45) is 0. The molecule has 1 aliphatic rings. The molecule has 6 heteroatoms. The van der Waals surface area contributed by atoms with Gasteiger partial charge in [-0.2, -0.15) is 0 Å². The van der Waals surface area contributed by atoms with Crippen molar-refractivity contribution in [3.05, 3.63) is 0 Å². The molecule has 0 aliphatic carbocycles. The first-order valence-corrected chi connectivity index (χ1v) is 1.23. The maximum absolute atomic E-state index is 3.38. The third kappa shape index (κ3) is 4.65. The second kappa shape index (κ2) is 6.80. The molecule has 1 aliphatic heterocycles. The van der Waals surface area contributed by atoms with E-state index in [2.05, 4.69) is 20.7 Å². The van der Waals surface area contributed by atoms with Crippen LogP contribution in [-0.4, -0.2) is 58.1 Å². The van der Waals surface area contributed by atoms with Gasteiger partial charge in [0.25, 0.3) is 0 Å². The van der Waals surface area contributed by atoms with Gasteiger partial charge in [-0.15, -0.1) is 10.2 Å². The van der Waals surface area contributed by atoms with Crippen molar-refractivity contribution in [1.82, 2.24) is 6.15 Å². The Morgan fingerprint density at radius 1 is 1.00 bits per heavy atom. The van der Waals surface area contributed by atoms with Crippen molar-refractivity contribution in [3.8, 4) is 0 Å². The summed E-state index contributed by atoms with van der Waals surface area (Å²) in [5.41, 5.74) is 0. The summed E-state index contributed by atoms with van der Waals surface area (Å²) in [4.78, 5) is 0. The predicted octanol–water partition coefficient (Wildman–Crippen LogP) is 0.290. The zero-order valence-corrected chi connectivity index (χ0v) is 3.20. The normalized spacial score (nSPS) is 12.6. The van der Waals surface area contributed by atoms with Crippen LogP contribution in [0.1, 0.15) is 0 Å². The average Bonchev–Trinajstić information content (AvgIpc) is 1.76. The van der Waals surface area contributed by atoms with Gasteiger partial charge in [0, 0.05) is 0 Å². The van der Waals surface area contributed by atoms with Crippen LogP contribution in [0.5, 0.6) is 0 Å². The second-order valence-corrected chi connectivity index (χ2v) is 0.603. The predicted molar refractivity (Wildman–Crippen MR) is 26.8 cm³/mol. The Kier molecular flexibility index (Phi) is 10.4. The molecule has 5 nitrogen and oxygen atoms in total. The molecule has 0 saturated heterocycles. The molecule has 0 amide bonds. The number of rotatable bonds is 0. The topological polar surface area (TPSA) is 84.4 Å². The van der Waals surface area contributed by atoms with Gasteiger partial charge >= 0.3 is 51.4 Å². The van der Waals surface area contributed by atoms with Crippen LogP contribution in [0.25, 0.3) is 0 Å². The van der Waals surface area contributed by atoms with E-state index in [1.807, 2.05) is 0 Å². The molecule has 1 rings (SSSR count). The first-order valence-electron chi connectivity index (χ1n) is 1.23. The summed E-state index contributed by atoms with van der Waals surface area (Å²) in [5.74, 6) is 0. The fourth-order valence-corrected chi connectivity index (χ4v) is 0.141. The summed E-state index contributed by atoms with van der Waals surface area (Å²) < 4.78 is 0. The molecule has 0 bridgehead atoms. The maximum atomic E-state index is 3.38. The molecule has 0 radical (unpaired) electrons. The monoisotopic (exact) mass is 127 g/mol. The Morgan fingerprint density at radius 2 is 1.43 bits per heavy atom. The number of hydrogen-bond acceptors (Lipinski definition) is 5. The molecule has 0 saturated carbocycles. The van der Waals surface area contributed by atoms with E-state index in [1.165, 1.54) is 0 Å². The van der Waals surface area contributed by atoms with Crippen molar-refractivity contribution in [1.29, 1.82) is 0 Å². The molecule has 3 N–H and O–H groups in total.